The highest BCUT2D eigenvalue weighted by atomic mass is 35.5. The van der Waals surface area contributed by atoms with Crippen LogP contribution in [0.3, 0.4) is 0 Å². The first-order chi connectivity index (χ1) is 15.0. The lowest BCUT2D eigenvalue weighted by Crippen LogP contribution is -2.38. The topological polar surface area (TPSA) is 52.4 Å². The average Bonchev–Trinajstić information content (AvgIpc) is 3.25. The summed E-state index contributed by atoms with van der Waals surface area (Å²) in [7, 11) is 0. The zero-order valence-electron chi connectivity index (χ0n) is 17.1. The number of pyridine rings is 1. The second-order valence-corrected chi connectivity index (χ2v) is 8.16. The van der Waals surface area contributed by atoms with Gasteiger partial charge in [0.1, 0.15) is 17.7 Å². The zero-order valence-corrected chi connectivity index (χ0v) is 18.6. The molecule has 0 N–H and O–H groups in total. The van der Waals surface area contributed by atoms with E-state index >= 15 is 0 Å². The van der Waals surface area contributed by atoms with Crippen molar-refractivity contribution < 1.29 is 13.9 Å². The minimum Gasteiger partial charge on any atom is -0.484 e. The summed E-state index contributed by atoms with van der Waals surface area (Å²) < 4.78 is 27.1. The number of hydrogen-bond donors (Lipinski definition) is 0. The summed E-state index contributed by atoms with van der Waals surface area (Å²) in [5.41, 5.74) is 2.22. The number of nitrogens with zero attached hydrogens (tertiary/aromatic N) is 4. The Morgan fingerprint density at radius 1 is 1.13 bits per heavy atom. The number of ether oxygens (including phenoxy) is 2. The van der Waals surface area contributed by atoms with Gasteiger partial charge in [0.25, 0.3) is 0 Å². The first-order valence-electron chi connectivity index (χ1n) is 10.1. The van der Waals surface area contributed by atoms with E-state index in [9.17, 15) is 4.39 Å². The van der Waals surface area contributed by atoms with Crippen LogP contribution in [0.4, 0.5) is 4.39 Å². The summed E-state index contributed by atoms with van der Waals surface area (Å²) in [6, 6.07) is 4.58. The molecule has 1 fully saturated rings. The smallest absolute Gasteiger partial charge is 0.142 e. The Labute approximate surface area is 190 Å². The highest BCUT2D eigenvalue weighted by Crippen LogP contribution is 2.35. The Morgan fingerprint density at radius 2 is 1.94 bits per heavy atom. The molecule has 1 aliphatic heterocycles. The molecule has 1 saturated heterocycles. The summed E-state index contributed by atoms with van der Waals surface area (Å²) >= 11 is 12.3. The molecule has 164 valence electrons. The van der Waals surface area contributed by atoms with Crippen molar-refractivity contribution >= 4 is 23.2 Å². The maximum Gasteiger partial charge on any atom is 0.142 e. The van der Waals surface area contributed by atoms with Crippen molar-refractivity contribution in [3.8, 4) is 16.9 Å². The molecule has 1 aromatic carbocycles. The molecule has 0 amide bonds. The van der Waals surface area contributed by atoms with Crippen molar-refractivity contribution in [2.24, 2.45) is 0 Å². The van der Waals surface area contributed by atoms with Gasteiger partial charge < -0.3 is 9.47 Å². The van der Waals surface area contributed by atoms with Gasteiger partial charge in [-0.3, -0.25) is 14.6 Å². The molecule has 6 nitrogen and oxygen atoms in total. The molecule has 3 aromatic rings. The third kappa shape index (κ3) is 5.36. The van der Waals surface area contributed by atoms with E-state index in [-0.39, 0.29) is 5.02 Å². The second kappa shape index (κ2) is 9.96. The lowest BCUT2D eigenvalue weighted by molar-refractivity contribution is 0.0360. The number of benzene rings is 1. The molecule has 1 unspecified atom stereocenters. The SMILES string of the molecule is CC(Oc1cncc(-c2cnn(CCN3CCOCC3)c2)c1)c1c(Cl)ccc(F)c1Cl. The molecule has 1 aliphatic rings. The number of aromatic nitrogens is 3. The molecule has 0 saturated carbocycles. The fraction of sp³-hybridized carbons (Fsp3) is 0.364. The van der Waals surface area contributed by atoms with Crippen LogP contribution in [0.15, 0.2) is 43.0 Å². The predicted molar refractivity (Wildman–Crippen MR) is 118 cm³/mol. The molecule has 9 heteroatoms. The van der Waals surface area contributed by atoms with Crippen LogP contribution < -0.4 is 4.74 Å². The zero-order chi connectivity index (χ0) is 21.8. The highest BCUT2D eigenvalue weighted by molar-refractivity contribution is 6.36. The van der Waals surface area contributed by atoms with Crippen molar-refractivity contribution in [2.45, 2.75) is 19.6 Å². The number of morpholine rings is 1. The van der Waals surface area contributed by atoms with E-state index in [1.807, 2.05) is 23.1 Å². The van der Waals surface area contributed by atoms with Gasteiger partial charge in [-0.15, -0.1) is 0 Å². The van der Waals surface area contributed by atoms with E-state index in [1.54, 1.807) is 19.3 Å². The van der Waals surface area contributed by atoms with Gasteiger partial charge in [0, 0.05) is 53.7 Å². The van der Waals surface area contributed by atoms with Gasteiger partial charge >= 0.3 is 0 Å². The number of halogens is 3. The molecule has 0 bridgehead atoms. The minimum absolute atomic E-state index is 0.0364. The van der Waals surface area contributed by atoms with E-state index in [0.717, 1.165) is 50.5 Å². The van der Waals surface area contributed by atoms with Crippen LogP contribution in [0.1, 0.15) is 18.6 Å². The first-order valence-corrected chi connectivity index (χ1v) is 10.8. The molecule has 4 rings (SSSR count). The van der Waals surface area contributed by atoms with Crippen LogP contribution in [0.25, 0.3) is 11.1 Å². The normalized spacial score (nSPS) is 15.7. The van der Waals surface area contributed by atoms with Crippen molar-refractivity contribution in [1.82, 2.24) is 19.7 Å². The van der Waals surface area contributed by atoms with Gasteiger partial charge in [-0.2, -0.15) is 5.10 Å². The van der Waals surface area contributed by atoms with E-state index < -0.39 is 11.9 Å². The van der Waals surface area contributed by atoms with Gasteiger partial charge in [0.15, 0.2) is 0 Å². The standard InChI is InChI=1S/C22H23Cl2FN4O2/c1-15(21-19(23)2-3-20(25)22(21)24)31-18-10-16(11-26-13-18)17-12-27-29(14-17)5-4-28-6-8-30-9-7-28/h2-3,10-15H,4-9H2,1H3. The van der Waals surface area contributed by atoms with E-state index in [4.69, 9.17) is 32.7 Å². The van der Waals surface area contributed by atoms with Crippen LogP contribution in [0.2, 0.25) is 10.0 Å². The van der Waals surface area contributed by atoms with Gasteiger partial charge in [0.05, 0.1) is 37.2 Å². The van der Waals surface area contributed by atoms with Crippen LogP contribution >= 0.6 is 23.2 Å². The fourth-order valence-corrected chi connectivity index (χ4v) is 4.20. The Kier molecular flexibility index (Phi) is 7.07. The largest absolute Gasteiger partial charge is 0.484 e. The lowest BCUT2D eigenvalue weighted by atomic mass is 10.1. The first kappa shape index (κ1) is 22.0. The Morgan fingerprint density at radius 3 is 2.74 bits per heavy atom. The second-order valence-electron chi connectivity index (χ2n) is 7.37. The third-order valence-electron chi connectivity index (χ3n) is 5.23. The van der Waals surface area contributed by atoms with Crippen molar-refractivity contribution in [3.05, 3.63) is 64.4 Å². The quantitative estimate of drug-likeness (QED) is 0.467. The van der Waals surface area contributed by atoms with Crippen molar-refractivity contribution in [1.29, 1.82) is 0 Å². The highest BCUT2D eigenvalue weighted by Gasteiger charge is 2.19. The summed E-state index contributed by atoms with van der Waals surface area (Å²) in [4.78, 5) is 6.64. The van der Waals surface area contributed by atoms with Crippen LogP contribution in [0, 0.1) is 5.82 Å². The maximum atomic E-state index is 13.9. The molecule has 0 aliphatic carbocycles. The van der Waals surface area contributed by atoms with Gasteiger partial charge in [0.2, 0.25) is 0 Å². The van der Waals surface area contributed by atoms with E-state index in [2.05, 4.69) is 15.0 Å². The summed E-state index contributed by atoms with van der Waals surface area (Å²) in [5, 5.41) is 4.78. The molecule has 0 spiro atoms. The predicted octanol–water partition coefficient (Wildman–Crippen LogP) is 4.86. The Hall–Kier alpha value is -2.19. The number of rotatable bonds is 7. The average molecular weight is 465 g/mol. The van der Waals surface area contributed by atoms with Crippen molar-refractivity contribution in [3.63, 3.8) is 0 Å². The van der Waals surface area contributed by atoms with Gasteiger partial charge in [-0.1, -0.05) is 23.2 Å². The van der Waals surface area contributed by atoms with Gasteiger partial charge in [-0.05, 0) is 25.1 Å². The minimum atomic E-state index is -0.552. The van der Waals surface area contributed by atoms with Crippen molar-refractivity contribution in [2.75, 3.05) is 32.8 Å². The summed E-state index contributed by atoms with van der Waals surface area (Å²) in [5.74, 6) is -0.00431. The maximum absolute atomic E-state index is 13.9. The molecule has 3 heterocycles. The monoisotopic (exact) mass is 464 g/mol. The van der Waals surface area contributed by atoms with E-state index in [1.165, 1.54) is 12.1 Å². The molecular formula is C22H23Cl2FN4O2. The fourth-order valence-electron chi connectivity index (χ4n) is 3.52. The molecule has 0 radical (unpaired) electrons. The lowest BCUT2D eigenvalue weighted by Gasteiger charge is -2.26. The van der Waals surface area contributed by atoms with Crippen LogP contribution in [0.5, 0.6) is 5.75 Å². The third-order valence-corrected chi connectivity index (χ3v) is 5.94. The number of hydrogen-bond acceptors (Lipinski definition) is 5. The molecule has 1 atom stereocenters. The van der Waals surface area contributed by atoms with E-state index in [0.29, 0.717) is 16.3 Å². The Bertz CT molecular complexity index is 1040. The summed E-state index contributed by atoms with van der Waals surface area (Å²) in [6.45, 7) is 6.98. The molecule has 2 aromatic heterocycles. The molecular weight excluding hydrogens is 442 g/mol. The summed E-state index contributed by atoms with van der Waals surface area (Å²) in [6.07, 6.45) is 6.60. The van der Waals surface area contributed by atoms with Crippen LogP contribution in [-0.4, -0.2) is 52.5 Å². The van der Waals surface area contributed by atoms with Crippen LogP contribution in [-0.2, 0) is 11.3 Å². The molecule has 31 heavy (non-hydrogen) atoms. The Balaban J connectivity index is 1.44. The van der Waals surface area contributed by atoms with Gasteiger partial charge in [-0.25, -0.2) is 4.39 Å².